The second-order valence-electron chi connectivity index (χ2n) is 7.47. The first-order chi connectivity index (χ1) is 14.4. The first-order valence-electron chi connectivity index (χ1n) is 9.92. The second-order valence-corrected chi connectivity index (χ2v) is 9.18. The van der Waals surface area contributed by atoms with Crippen molar-refractivity contribution in [2.45, 2.75) is 50.5 Å². The lowest BCUT2D eigenvalue weighted by Gasteiger charge is -2.13. The topological polar surface area (TPSA) is 125 Å². The highest BCUT2D eigenvalue weighted by Crippen LogP contribution is 2.23. The summed E-state index contributed by atoms with van der Waals surface area (Å²) in [6.07, 6.45) is 5.52. The summed E-state index contributed by atoms with van der Waals surface area (Å²) in [5, 5.41) is 13.4. The molecular weight excluding hydrogens is 402 g/mol. The molecule has 30 heavy (non-hydrogen) atoms. The lowest BCUT2D eigenvalue weighted by molar-refractivity contribution is 0.552. The lowest BCUT2D eigenvalue weighted by Crippen LogP contribution is -2.32. The van der Waals surface area contributed by atoms with Crippen LogP contribution in [0.25, 0.3) is 0 Å². The lowest BCUT2D eigenvalue weighted by atomic mass is 10.3. The minimum atomic E-state index is -3.56. The zero-order valence-electron chi connectivity index (χ0n) is 16.9. The Morgan fingerprint density at radius 1 is 1.10 bits per heavy atom. The minimum absolute atomic E-state index is 0.0202. The van der Waals surface area contributed by atoms with E-state index in [1.165, 1.54) is 0 Å². The van der Waals surface area contributed by atoms with E-state index in [9.17, 15) is 8.42 Å². The number of nitrogens with zero attached hydrogens (tertiary/aromatic N) is 3. The quantitative estimate of drug-likeness (QED) is 0.455. The summed E-state index contributed by atoms with van der Waals surface area (Å²) >= 11 is 0. The zero-order valence-corrected chi connectivity index (χ0v) is 17.8. The van der Waals surface area contributed by atoms with Gasteiger partial charge < -0.3 is 10.6 Å². The van der Waals surface area contributed by atoms with Crippen LogP contribution in [0.4, 0.5) is 23.3 Å². The standard InChI is InChI=1S/C20H25N7O2S/c1-13-14(2)25-26-19(13)23-18-10-11-21-20(24-18)22-16-8-5-9-17(12-16)30(28,29)27-15-6-3-4-7-15/h5,8-12,15,27H,3-4,6-7H2,1-2H3,(H3,21,22,23,24,25,26). The fourth-order valence-electron chi connectivity index (χ4n) is 3.42. The van der Waals surface area contributed by atoms with Crippen LogP contribution in [0, 0.1) is 13.8 Å². The van der Waals surface area contributed by atoms with E-state index in [0.29, 0.717) is 23.3 Å². The number of anilines is 4. The van der Waals surface area contributed by atoms with Gasteiger partial charge in [-0.05, 0) is 51.0 Å². The van der Waals surface area contributed by atoms with Crippen molar-refractivity contribution in [3.63, 3.8) is 0 Å². The Morgan fingerprint density at radius 2 is 1.90 bits per heavy atom. The van der Waals surface area contributed by atoms with Crippen LogP contribution < -0.4 is 15.4 Å². The SMILES string of the molecule is Cc1[nH]nc(Nc2ccnc(Nc3cccc(S(=O)(=O)NC4CCCC4)c3)n2)c1C. The summed E-state index contributed by atoms with van der Waals surface area (Å²) < 4.78 is 28.2. The maximum absolute atomic E-state index is 12.7. The van der Waals surface area contributed by atoms with Crippen LogP contribution in [0.15, 0.2) is 41.4 Å². The smallest absolute Gasteiger partial charge is 0.240 e. The maximum Gasteiger partial charge on any atom is 0.240 e. The van der Waals surface area contributed by atoms with Gasteiger partial charge in [-0.25, -0.2) is 18.1 Å². The summed E-state index contributed by atoms with van der Waals surface area (Å²) in [4.78, 5) is 8.88. The molecule has 0 saturated heterocycles. The molecule has 1 saturated carbocycles. The highest BCUT2D eigenvalue weighted by Gasteiger charge is 2.23. The average molecular weight is 428 g/mol. The number of aromatic nitrogens is 4. The van der Waals surface area contributed by atoms with Gasteiger partial charge in [0.25, 0.3) is 0 Å². The zero-order chi connectivity index (χ0) is 21.1. The third-order valence-electron chi connectivity index (χ3n) is 5.23. The molecule has 0 radical (unpaired) electrons. The molecular formula is C20H25N7O2S. The van der Waals surface area contributed by atoms with Gasteiger partial charge in [-0.1, -0.05) is 18.9 Å². The van der Waals surface area contributed by atoms with Gasteiger partial charge in [0.2, 0.25) is 16.0 Å². The average Bonchev–Trinajstić information content (AvgIpc) is 3.33. The van der Waals surface area contributed by atoms with Crippen LogP contribution in [-0.4, -0.2) is 34.6 Å². The van der Waals surface area contributed by atoms with Crippen LogP contribution in [-0.2, 0) is 10.0 Å². The monoisotopic (exact) mass is 427 g/mol. The maximum atomic E-state index is 12.7. The Kier molecular flexibility index (Phi) is 5.69. The van der Waals surface area contributed by atoms with Crippen molar-refractivity contribution in [3.8, 4) is 0 Å². The van der Waals surface area contributed by atoms with Gasteiger partial charge in [-0.2, -0.15) is 10.1 Å². The molecule has 1 aliphatic carbocycles. The number of benzene rings is 1. The minimum Gasteiger partial charge on any atom is -0.324 e. The Morgan fingerprint density at radius 3 is 2.63 bits per heavy atom. The highest BCUT2D eigenvalue weighted by atomic mass is 32.2. The molecule has 0 unspecified atom stereocenters. The van der Waals surface area contributed by atoms with E-state index in [1.54, 1.807) is 36.5 Å². The molecule has 4 rings (SSSR count). The Balaban J connectivity index is 1.49. The van der Waals surface area contributed by atoms with Crippen molar-refractivity contribution < 1.29 is 8.42 Å². The summed E-state index contributed by atoms with van der Waals surface area (Å²) in [7, 11) is -3.56. The van der Waals surface area contributed by atoms with Crippen LogP contribution >= 0.6 is 0 Å². The van der Waals surface area contributed by atoms with Crippen LogP contribution in [0.2, 0.25) is 0 Å². The van der Waals surface area contributed by atoms with Crippen LogP contribution in [0.5, 0.6) is 0 Å². The molecule has 2 aromatic heterocycles. The van der Waals surface area contributed by atoms with E-state index >= 15 is 0 Å². The number of hydrogen-bond acceptors (Lipinski definition) is 7. The van der Waals surface area contributed by atoms with Crippen molar-refractivity contribution in [1.29, 1.82) is 0 Å². The van der Waals surface area contributed by atoms with Crippen molar-refractivity contribution in [1.82, 2.24) is 24.9 Å². The fourth-order valence-corrected chi connectivity index (χ4v) is 4.77. The summed E-state index contributed by atoms with van der Waals surface area (Å²) in [5.74, 6) is 1.63. The Labute approximate surface area is 175 Å². The van der Waals surface area contributed by atoms with Gasteiger partial charge in [0, 0.05) is 29.2 Å². The molecule has 2 heterocycles. The van der Waals surface area contributed by atoms with Gasteiger partial charge in [0.15, 0.2) is 5.82 Å². The Bertz CT molecular complexity index is 1140. The van der Waals surface area contributed by atoms with Crippen molar-refractivity contribution >= 4 is 33.3 Å². The molecule has 3 aromatic rings. The molecule has 158 valence electrons. The highest BCUT2D eigenvalue weighted by molar-refractivity contribution is 7.89. The van der Waals surface area contributed by atoms with E-state index in [0.717, 1.165) is 36.9 Å². The van der Waals surface area contributed by atoms with E-state index in [4.69, 9.17) is 0 Å². The third kappa shape index (κ3) is 4.60. The third-order valence-corrected chi connectivity index (χ3v) is 6.75. The molecule has 0 spiro atoms. The predicted molar refractivity (Wildman–Crippen MR) is 116 cm³/mol. The number of aromatic amines is 1. The molecule has 1 aromatic carbocycles. The van der Waals surface area contributed by atoms with Crippen molar-refractivity contribution in [3.05, 3.63) is 47.8 Å². The van der Waals surface area contributed by atoms with Gasteiger partial charge >= 0.3 is 0 Å². The molecule has 0 amide bonds. The Hall–Kier alpha value is -2.98. The van der Waals surface area contributed by atoms with Gasteiger partial charge in [0.05, 0.1) is 4.90 Å². The molecule has 0 aliphatic heterocycles. The van der Waals surface area contributed by atoms with Gasteiger partial charge in [0.1, 0.15) is 5.82 Å². The normalized spacial score (nSPS) is 14.7. The first-order valence-corrected chi connectivity index (χ1v) is 11.4. The van der Waals surface area contributed by atoms with Crippen molar-refractivity contribution in [2.75, 3.05) is 10.6 Å². The molecule has 4 N–H and O–H groups in total. The first kappa shape index (κ1) is 20.3. The number of sulfonamides is 1. The molecule has 1 fully saturated rings. The van der Waals surface area contributed by atoms with Crippen LogP contribution in [0.1, 0.15) is 36.9 Å². The summed E-state index contributed by atoms with van der Waals surface area (Å²) in [6, 6.07) is 8.40. The van der Waals surface area contributed by atoms with E-state index < -0.39 is 10.0 Å². The molecule has 10 heteroatoms. The van der Waals surface area contributed by atoms with E-state index in [1.807, 2.05) is 13.8 Å². The van der Waals surface area contributed by atoms with Gasteiger partial charge in [-0.15, -0.1) is 0 Å². The molecule has 0 atom stereocenters. The number of aryl methyl sites for hydroxylation is 1. The second kappa shape index (κ2) is 8.41. The number of rotatable bonds is 7. The molecule has 0 bridgehead atoms. The summed E-state index contributed by atoms with van der Waals surface area (Å²) in [5.41, 5.74) is 2.58. The van der Waals surface area contributed by atoms with E-state index in [-0.39, 0.29) is 10.9 Å². The van der Waals surface area contributed by atoms with E-state index in [2.05, 4.69) is 35.5 Å². The number of nitrogens with one attached hydrogen (secondary N) is 4. The summed E-state index contributed by atoms with van der Waals surface area (Å²) in [6.45, 7) is 3.91. The fraction of sp³-hybridized carbons (Fsp3) is 0.350. The predicted octanol–water partition coefficient (Wildman–Crippen LogP) is 3.52. The van der Waals surface area contributed by atoms with Crippen molar-refractivity contribution in [2.24, 2.45) is 0 Å². The largest absolute Gasteiger partial charge is 0.324 e. The molecule has 1 aliphatic rings. The van der Waals surface area contributed by atoms with Gasteiger partial charge in [-0.3, -0.25) is 5.10 Å². The molecule has 9 nitrogen and oxygen atoms in total. The van der Waals surface area contributed by atoms with Crippen LogP contribution in [0.3, 0.4) is 0 Å². The number of H-pyrrole nitrogens is 1. The number of hydrogen-bond donors (Lipinski definition) is 4.